The van der Waals surface area contributed by atoms with E-state index >= 15 is 0 Å². The highest BCUT2D eigenvalue weighted by molar-refractivity contribution is 6.33. The average Bonchev–Trinajstić information content (AvgIpc) is 3.32. The first-order valence-electron chi connectivity index (χ1n) is 7.62. The molecule has 2 amide bonds. The number of rotatable bonds is 4. The molecule has 0 unspecified atom stereocenters. The summed E-state index contributed by atoms with van der Waals surface area (Å²) in [6.07, 6.45) is 1.84. The number of nitrogens with zero attached hydrogens (tertiary/aromatic N) is 2. The van der Waals surface area contributed by atoms with Crippen molar-refractivity contribution in [2.75, 3.05) is 11.9 Å². The Balaban J connectivity index is 1.94. The van der Waals surface area contributed by atoms with E-state index in [2.05, 4.69) is 10.4 Å². The molecule has 1 fully saturated rings. The maximum atomic E-state index is 14.0. The fraction of sp³-hybridized carbons (Fsp3) is 0.312. The molecular weight excluding hydrogens is 351 g/mol. The Morgan fingerprint density at radius 3 is 2.60 bits per heavy atom. The Morgan fingerprint density at radius 1 is 1.36 bits per heavy atom. The number of carbonyl (C=O) groups excluding carboxylic acids is 2. The molecule has 2 N–H and O–H groups in total. The molecule has 3 rings (SSSR count). The van der Waals surface area contributed by atoms with Crippen LogP contribution in [0.1, 0.15) is 28.8 Å². The smallest absolute Gasteiger partial charge is 0.321 e. The minimum Gasteiger partial charge on any atom is -0.335 e. The van der Waals surface area contributed by atoms with Crippen LogP contribution in [0.3, 0.4) is 0 Å². The zero-order valence-electron chi connectivity index (χ0n) is 13.6. The summed E-state index contributed by atoms with van der Waals surface area (Å²) < 4.78 is 15.0. The number of halogens is 2. The molecule has 0 aliphatic heterocycles. The quantitative estimate of drug-likeness (QED) is 0.812. The highest BCUT2D eigenvalue weighted by atomic mass is 35.5. The predicted octanol–water partition coefficient (Wildman–Crippen LogP) is 2.05. The summed E-state index contributed by atoms with van der Waals surface area (Å²) in [5, 5.41) is 5.16. The number of aromatic nitrogens is 2. The molecule has 1 aliphatic rings. The van der Waals surface area contributed by atoms with E-state index in [9.17, 15) is 18.8 Å². The lowest BCUT2D eigenvalue weighted by Gasteiger charge is -2.18. The van der Waals surface area contributed by atoms with Crippen LogP contribution in [0, 0.1) is 5.82 Å². The Morgan fingerprint density at radius 2 is 2.04 bits per heavy atom. The van der Waals surface area contributed by atoms with Crippen LogP contribution in [-0.2, 0) is 7.05 Å². The van der Waals surface area contributed by atoms with Crippen molar-refractivity contribution in [3.05, 3.63) is 50.7 Å². The van der Waals surface area contributed by atoms with Crippen molar-refractivity contribution in [2.45, 2.75) is 18.9 Å². The second-order valence-corrected chi connectivity index (χ2v) is 6.35. The normalized spacial score (nSPS) is 13.6. The van der Waals surface area contributed by atoms with Gasteiger partial charge in [0.25, 0.3) is 5.56 Å². The molecule has 0 spiro atoms. The van der Waals surface area contributed by atoms with Gasteiger partial charge < -0.3 is 5.32 Å². The molecular formula is C16H16ClFN4O3. The van der Waals surface area contributed by atoms with E-state index in [4.69, 9.17) is 11.6 Å². The fourth-order valence-corrected chi connectivity index (χ4v) is 2.67. The summed E-state index contributed by atoms with van der Waals surface area (Å²) in [6.45, 7) is 0. The van der Waals surface area contributed by atoms with Crippen LogP contribution < -0.4 is 15.8 Å². The van der Waals surface area contributed by atoms with Gasteiger partial charge >= 0.3 is 6.03 Å². The van der Waals surface area contributed by atoms with Gasteiger partial charge in [-0.2, -0.15) is 0 Å². The van der Waals surface area contributed by atoms with E-state index in [1.54, 1.807) is 0 Å². The zero-order valence-corrected chi connectivity index (χ0v) is 14.4. The van der Waals surface area contributed by atoms with Gasteiger partial charge in [-0.1, -0.05) is 11.6 Å². The average molecular weight is 367 g/mol. The van der Waals surface area contributed by atoms with E-state index in [1.807, 2.05) is 0 Å². The lowest BCUT2D eigenvalue weighted by Crippen LogP contribution is -2.38. The number of hydrogen-bond acceptors (Lipinski definition) is 3. The van der Waals surface area contributed by atoms with Crippen molar-refractivity contribution in [3.8, 4) is 0 Å². The second kappa shape index (κ2) is 6.36. The van der Waals surface area contributed by atoms with E-state index in [0.29, 0.717) is 0 Å². The van der Waals surface area contributed by atoms with Gasteiger partial charge in [-0.05, 0) is 31.0 Å². The lowest BCUT2D eigenvalue weighted by atomic mass is 10.0. The summed E-state index contributed by atoms with van der Waals surface area (Å²) >= 11 is 5.89. The van der Waals surface area contributed by atoms with Gasteiger partial charge in [0, 0.05) is 31.4 Å². The molecule has 7 nitrogen and oxygen atoms in total. The Labute approximate surface area is 147 Å². The molecule has 2 aromatic rings. The van der Waals surface area contributed by atoms with Crippen LogP contribution in [0.5, 0.6) is 0 Å². The second-order valence-electron chi connectivity index (χ2n) is 5.97. The zero-order chi connectivity index (χ0) is 18.3. The Kier molecular flexibility index (Phi) is 4.38. The molecule has 132 valence electrons. The third kappa shape index (κ3) is 3.43. The van der Waals surface area contributed by atoms with Gasteiger partial charge in [-0.15, -0.1) is 0 Å². The molecule has 0 radical (unpaired) electrons. The molecule has 1 aliphatic carbocycles. The van der Waals surface area contributed by atoms with Crippen molar-refractivity contribution in [1.82, 2.24) is 15.1 Å². The minimum absolute atomic E-state index is 0.0697. The van der Waals surface area contributed by atoms with E-state index in [0.717, 1.165) is 29.7 Å². The fourth-order valence-electron chi connectivity index (χ4n) is 2.37. The molecule has 1 heterocycles. The van der Waals surface area contributed by atoms with Gasteiger partial charge in [-0.25, -0.2) is 9.18 Å². The van der Waals surface area contributed by atoms with Crippen molar-refractivity contribution in [2.24, 2.45) is 7.05 Å². The first kappa shape index (κ1) is 17.2. The standard InChI is InChI=1S/C16H16ClFN4O3/c1-21(16(25)19-10-3-4-10)11-6-8(5-9(18)7-11)13(23)12-14(17)20-22(2)15(12)24/h5-7,10,20H,3-4H2,1-2H3,(H,19,25). The van der Waals surface area contributed by atoms with Crippen LogP contribution in [0.4, 0.5) is 14.9 Å². The Bertz CT molecular complexity index is 917. The lowest BCUT2D eigenvalue weighted by molar-refractivity contribution is 0.103. The SMILES string of the molecule is CN(C(=O)NC1CC1)c1cc(F)cc(C(=O)c2c(Cl)[nH]n(C)c2=O)c1. The number of ketones is 1. The Hall–Kier alpha value is -2.61. The third-order valence-electron chi connectivity index (χ3n) is 3.97. The first-order chi connectivity index (χ1) is 11.8. The van der Waals surface area contributed by atoms with Crippen LogP contribution >= 0.6 is 11.6 Å². The molecule has 1 aromatic carbocycles. The van der Waals surface area contributed by atoms with Crippen molar-refractivity contribution in [3.63, 3.8) is 0 Å². The predicted molar refractivity (Wildman–Crippen MR) is 90.8 cm³/mol. The number of urea groups is 1. The van der Waals surface area contributed by atoms with Gasteiger partial charge in [0.2, 0.25) is 5.78 Å². The van der Waals surface area contributed by atoms with Crippen molar-refractivity contribution in [1.29, 1.82) is 0 Å². The van der Waals surface area contributed by atoms with Gasteiger partial charge in [0.1, 0.15) is 16.5 Å². The van der Waals surface area contributed by atoms with E-state index in [1.165, 1.54) is 25.1 Å². The number of anilines is 1. The first-order valence-corrected chi connectivity index (χ1v) is 7.99. The molecule has 0 saturated heterocycles. The maximum absolute atomic E-state index is 14.0. The van der Waals surface area contributed by atoms with Gasteiger partial charge in [0.05, 0.1) is 0 Å². The van der Waals surface area contributed by atoms with Gasteiger partial charge in [0.15, 0.2) is 0 Å². The molecule has 25 heavy (non-hydrogen) atoms. The van der Waals surface area contributed by atoms with Crippen LogP contribution in [0.15, 0.2) is 23.0 Å². The highest BCUT2D eigenvalue weighted by Crippen LogP contribution is 2.23. The largest absolute Gasteiger partial charge is 0.335 e. The van der Waals surface area contributed by atoms with Crippen LogP contribution in [0.2, 0.25) is 5.15 Å². The number of aryl methyl sites for hydroxylation is 1. The number of benzene rings is 1. The van der Waals surface area contributed by atoms with Gasteiger partial charge in [-0.3, -0.25) is 24.3 Å². The summed E-state index contributed by atoms with van der Waals surface area (Å²) in [7, 11) is 2.89. The number of hydrogen-bond donors (Lipinski definition) is 2. The molecule has 1 saturated carbocycles. The van der Waals surface area contributed by atoms with E-state index < -0.39 is 17.2 Å². The molecule has 9 heteroatoms. The highest BCUT2D eigenvalue weighted by Gasteiger charge is 2.26. The molecule has 1 aromatic heterocycles. The number of H-pyrrole nitrogens is 1. The van der Waals surface area contributed by atoms with Crippen LogP contribution in [-0.4, -0.2) is 34.7 Å². The number of amides is 2. The molecule has 0 atom stereocenters. The summed E-state index contributed by atoms with van der Waals surface area (Å²) in [6, 6.07) is 3.25. The summed E-state index contributed by atoms with van der Waals surface area (Å²) in [5.41, 5.74) is -0.754. The topological polar surface area (TPSA) is 87.2 Å². The monoisotopic (exact) mass is 366 g/mol. The summed E-state index contributed by atoms with van der Waals surface area (Å²) in [4.78, 5) is 37.9. The maximum Gasteiger partial charge on any atom is 0.321 e. The third-order valence-corrected chi connectivity index (χ3v) is 4.25. The number of carbonyl (C=O) groups is 2. The van der Waals surface area contributed by atoms with Crippen LogP contribution in [0.25, 0.3) is 0 Å². The number of aromatic amines is 1. The summed E-state index contributed by atoms with van der Waals surface area (Å²) in [5.74, 6) is -1.42. The minimum atomic E-state index is -0.719. The van der Waals surface area contributed by atoms with Crippen molar-refractivity contribution >= 4 is 29.1 Å². The molecule has 0 bridgehead atoms. The van der Waals surface area contributed by atoms with Crippen molar-refractivity contribution < 1.29 is 14.0 Å². The van der Waals surface area contributed by atoms with E-state index in [-0.39, 0.29) is 34.0 Å². The number of nitrogens with one attached hydrogen (secondary N) is 2.